The number of phenolic OH excluding ortho intramolecular Hbond substituents is 1. The van der Waals surface area contributed by atoms with Crippen LogP contribution in [-0.4, -0.2) is 50.9 Å². The zero-order chi connectivity index (χ0) is 35.6. The number of ether oxygens (including phenoxy) is 2. The van der Waals surface area contributed by atoms with Gasteiger partial charge in [-0.2, -0.15) is 0 Å². The van der Waals surface area contributed by atoms with E-state index in [1.54, 1.807) is 30.3 Å². The number of benzene rings is 4. The van der Waals surface area contributed by atoms with E-state index in [0.29, 0.717) is 30.9 Å². The second kappa shape index (κ2) is 20.4. The van der Waals surface area contributed by atoms with Crippen LogP contribution in [0.2, 0.25) is 0 Å². The molecule has 0 aliphatic heterocycles. The molecular weight excluding hydrogens is 653 g/mol. The molecule has 50 heavy (non-hydrogen) atoms. The van der Waals surface area contributed by atoms with Crippen LogP contribution in [-0.2, 0) is 37.3 Å². The molecule has 4 aromatic rings. The van der Waals surface area contributed by atoms with Crippen molar-refractivity contribution in [1.29, 1.82) is 0 Å². The predicted molar refractivity (Wildman–Crippen MR) is 197 cm³/mol. The molecule has 4 aromatic carbocycles. The van der Waals surface area contributed by atoms with Crippen molar-refractivity contribution in [3.05, 3.63) is 125 Å². The highest BCUT2D eigenvalue weighted by Gasteiger charge is 2.12. The Kier molecular flexibility index (Phi) is 15.7. The lowest BCUT2D eigenvalue weighted by molar-refractivity contribution is -0.138. The molecule has 0 fully saturated rings. The molecule has 0 bridgehead atoms. The number of carbonyl (C=O) groups is 1. The van der Waals surface area contributed by atoms with Crippen LogP contribution in [0.4, 0.5) is 0 Å². The van der Waals surface area contributed by atoms with Gasteiger partial charge in [0.2, 0.25) is 10.0 Å². The summed E-state index contributed by atoms with van der Waals surface area (Å²) < 4.78 is 34.0. The summed E-state index contributed by atoms with van der Waals surface area (Å²) in [5.41, 5.74) is 5.07. The van der Waals surface area contributed by atoms with Gasteiger partial charge in [0, 0.05) is 31.4 Å². The Morgan fingerprint density at radius 1 is 0.820 bits per heavy atom. The molecule has 1 atom stereocenters. The van der Waals surface area contributed by atoms with Crippen molar-refractivity contribution >= 4 is 22.1 Å². The summed E-state index contributed by atoms with van der Waals surface area (Å²) in [6.45, 7) is 2.37. The Hall–Kier alpha value is -4.32. The standard InChI is InChI=1S/C40H48N2O7S/c41-50(46,47)37-15-9-11-32(27-37)12-10-26-48-25-8-3-1-2-7-24-42-29-39(44)35-21-22-38(43)36(28-35)30-49-40(45)23-18-31-16-19-34(20-17-31)33-13-5-4-6-14-33/h4-6,9,11,13-23,27-28,39,42-44H,1-3,7-8,10,12,24-26,29-30H2,(H2,41,46,47)/t39-/m0/s1. The van der Waals surface area contributed by atoms with Crippen molar-refractivity contribution in [2.24, 2.45) is 5.14 Å². The summed E-state index contributed by atoms with van der Waals surface area (Å²) in [4.78, 5) is 12.5. The number of esters is 1. The third-order valence-electron chi connectivity index (χ3n) is 8.25. The van der Waals surface area contributed by atoms with Crippen molar-refractivity contribution in [2.75, 3.05) is 26.3 Å². The van der Waals surface area contributed by atoms with Gasteiger partial charge in [-0.15, -0.1) is 0 Å². The predicted octanol–water partition coefficient (Wildman–Crippen LogP) is 6.69. The lowest BCUT2D eigenvalue weighted by Gasteiger charge is -2.14. The summed E-state index contributed by atoms with van der Waals surface area (Å²) in [5, 5.41) is 29.5. The van der Waals surface area contributed by atoms with Crippen LogP contribution in [0.1, 0.15) is 66.9 Å². The Morgan fingerprint density at radius 2 is 1.54 bits per heavy atom. The fourth-order valence-corrected chi connectivity index (χ4v) is 5.99. The maximum atomic E-state index is 12.4. The second-order valence-corrected chi connectivity index (χ2v) is 13.8. The van der Waals surface area contributed by atoms with Gasteiger partial charge in [-0.05, 0) is 90.4 Å². The van der Waals surface area contributed by atoms with Gasteiger partial charge in [-0.1, -0.05) is 92.1 Å². The van der Waals surface area contributed by atoms with Crippen LogP contribution in [0, 0.1) is 0 Å². The number of aromatic hydroxyl groups is 1. The number of hydrogen-bond donors (Lipinski definition) is 4. The second-order valence-electron chi connectivity index (χ2n) is 12.2. The Labute approximate surface area is 295 Å². The highest BCUT2D eigenvalue weighted by Crippen LogP contribution is 2.24. The van der Waals surface area contributed by atoms with E-state index in [-0.39, 0.29) is 17.3 Å². The molecule has 9 nitrogen and oxygen atoms in total. The molecule has 10 heteroatoms. The third kappa shape index (κ3) is 13.5. The van der Waals surface area contributed by atoms with Crippen LogP contribution in [0.3, 0.4) is 0 Å². The van der Waals surface area contributed by atoms with Crippen LogP contribution < -0.4 is 10.5 Å². The topological polar surface area (TPSA) is 148 Å². The molecule has 5 N–H and O–H groups in total. The van der Waals surface area contributed by atoms with Crippen molar-refractivity contribution in [1.82, 2.24) is 5.32 Å². The van der Waals surface area contributed by atoms with Crippen LogP contribution in [0.15, 0.2) is 108 Å². The lowest BCUT2D eigenvalue weighted by Crippen LogP contribution is -2.22. The zero-order valence-electron chi connectivity index (χ0n) is 28.4. The van der Waals surface area contributed by atoms with E-state index in [1.807, 2.05) is 60.7 Å². The first-order valence-corrected chi connectivity index (χ1v) is 18.6. The number of primary sulfonamides is 1. The number of aliphatic hydroxyl groups excluding tert-OH is 1. The van der Waals surface area contributed by atoms with Gasteiger partial charge in [0.05, 0.1) is 11.0 Å². The molecule has 0 unspecified atom stereocenters. The van der Waals surface area contributed by atoms with Gasteiger partial charge in [-0.25, -0.2) is 18.4 Å². The molecule has 0 saturated heterocycles. The number of hydrogen-bond acceptors (Lipinski definition) is 8. The summed E-state index contributed by atoms with van der Waals surface area (Å²) >= 11 is 0. The maximum Gasteiger partial charge on any atom is 0.331 e. The molecule has 266 valence electrons. The minimum atomic E-state index is -3.68. The van der Waals surface area contributed by atoms with E-state index in [0.717, 1.165) is 73.7 Å². The highest BCUT2D eigenvalue weighted by atomic mass is 32.2. The number of nitrogens with one attached hydrogen (secondary N) is 1. The number of sulfonamides is 1. The average Bonchev–Trinajstić information content (AvgIpc) is 3.12. The average molecular weight is 701 g/mol. The molecule has 0 saturated carbocycles. The summed E-state index contributed by atoms with van der Waals surface area (Å²) in [6, 6.07) is 29.5. The van der Waals surface area contributed by atoms with E-state index in [4.69, 9.17) is 14.6 Å². The van der Waals surface area contributed by atoms with E-state index < -0.39 is 22.1 Å². The molecule has 0 radical (unpaired) electrons. The number of nitrogens with two attached hydrogens (primary N) is 1. The minimum absolute atomic E-state index is 0.000670. The number of aliphatic hydroxyl groups is 1. The first-order valence-electron chi connectivity index (χ1n) is 17.1. The van der Waals surface area contributed by atoms with E-state index >= 15 is 0 Å². The fourth-order valence-electron chi connectivity index (χ4n) is 5.41. The van der Waals surface area contributed by atoms with Crippen LogP contribution in [0.25, 0.3) is 17.2 Å². The lowest BCUT2D eigenvalue weighted by atomic mass is 10.0. The number of phenols is 1. The van der Waals surface area contributed by atoms with Crippen LogP contribution in [0.5, 0.6) is 5.75 Å². The van der Waals surface area contributed by atoms with Gasteiger partial charge >= 0.3 is 5.97 Å². The van der Waals surface area contributed by atoms with Crippen molar-refractivity contribution in [3.8, 4) is 16.9 Å². The molecule has 0 spiro atoms. The molecule has 0 aliphatic rings. The number of aryl methyl sites for hydroxylation is 1. The first kappa shape index (κ1) is 38.5. The normalized spacial score (nSPS) is 12.3. The molecular formula is C40H48N2O7S. The molecule has 0 aromatic heterocycles. The summed E-state index contributed by atoms with van der Waals surface area (Å²) in [6.07, 6.45) is 9.07. The quantitative estimate of drug-likeness (QED) is 0.0427. The Balaban J connectivity index is 1.04. The number of unbranched alkanes of at least 4 members (excludes halogenated alkanes) is 4. The van der Waals surface area contributed by atoms with E-state index in [1.165, 1.54) is 18.2 Å². The summed E-state index contributed by atoms with van der Waals surface area (Å²) in [5.74, 6) is -0.527. The molecule has 4 rings (SSSR count). The van der Waals surface area contributed by atoms with Gasteiger partial charge in [0.1, 0.15) is 12.4 Å². The van der Waals surface area contributed by atoms with Crippen molar-refractivity contribution in [2.45, 2.75) is 62.6 Å². The number of rotatable bonds is 21. The van der Waals surface area contributed by atoms with Gasteiger partial charge in [-0.3, -0.25) is 0 Å². The highest BCUT2D eigenvalue weighted by molar-refractivity contribution is 7.89. The first-order chi connectivity index (χ1) is 24.2. The monoisotopic (exact) mass is 700 g/mol. The Morgan fingerprint density at radius 3 is 2.32 bits per heavy atom. The molecule has 0 amide bonds. The van der Waals surface area contributed by atoms with Gasteiger partial charge in [0.15, 0.2) is 0 Å². The van der Waals surface area contributed by atoms with Crippen molar-refractivity contribution in [3.63, 3.8) is 0 Å². The van der Waals surface area contributed by atoms with Crippen molar-refractivity contribution < 1.29 is 32.9 Å². The smallest absolute Gasteiger partial charge is 0.331 e. The number of carbonyl (C=O) groups excluding carboxylic acids is 1. The fraction of sp³-hybridized carbons (Fsp3) is 0.325. The van der Waals surface area contributed by atoms with Gasteiger partial charge in [0.25, 0.3) is 0 Å². The third-order valence-corrected chi connectivity index (χ3v) is 9.16. The van der Waals surface area contributed by atoms with Crippen LogP contribution >= 0.6 is 0 Å². The maximum absolute atomic E-state index is 12.4. The van der Waals surface area contributed by atoms with E-state index in [9.17, 15) is 23.4 Å². The Bertz CT molecular complexity index is 1760. The molecule has 0 heterocycles. The zero-order valence-corrected chi connectivity index (χ0v) is 29.2. The molecule has 0 aliphatic carbocycles. The van der Waals surface area contributed by atoms with Gasteiger partial charge < -0.3 is 25.0 Å². The largest absolute Gasteiger partial charge is 0.508 e. The SMILES string of the molecule is NS(=O)(=O)c1cccc(CCCOCCCCCCCNC[C@H](O)c2ccc(O)c(COC(=O)C=Cc3ccc(-c4ccccc4)cc3)c2)c1. The minimum Gasteiger partial charge on any atom is -0.508 e. The summed E-state index contributed by atoms with van der Waals surface area (Å²) in [7, 11) is -3.68. The van der Waals surface area contributed by atoms with E-state index in [2.05, 4.69) is 5.32 Å².